The minimum Gasteiger partial charge on any atom is -0.459 e. The lowest BCUT2D eigenvalue weighted by atomic mass is 9.97. The van der Waals surface area contributed by atoms with Crippen LogP contribution in [0.15, 0.2) is 63.7 Å². The van der Waals surface area contributed by atoms with Gasteiger partial charge >= 0.3 is 0 Å². The molecule has 7 heteroatoms. The van der Waals surface area contributed by atoms with E-state index in [1.807, 2.05) is 24.3 Å². The molecule has 0 saturated carbocycles. The van der Waals surface area contributed by atoms with E-state index >= 15 is 0 Å². The second-order valence-corrected chi connectivity index (χ2v) is 7.11. The number of allylic oxidation sites excluding steroid dienone is 1. The van der Waals surface area contributed by atoms with Crippen molar-refractivity contribution in [1.82, 2.24) is 10.6 Å². The Morgan fingerprint density at radius 1 is 1.17 bits per heavy atom. The second kappa shape index (κ2) is 13.1. The number of halogens is 1. The van der Waals surface area contributed by atoms with E-state index in [2.05, 4.69) is 33.9 Å². The zero-order valence-corrected chi connectivity index (χ0v) is 19.8. The number of nitrogens with zero attached hydrogens (tertiary/aromatic N) is 1. The highest BCUT2D eigenvalue weighted by Crippen LogP contribution is 2.19. The molecule has 0 atom stereocenters. The molecule has 1 amide bonds. The largest absolute Gasteiger partial charge is 0.459 e. The number of carbonyl (C=O) groups is 1. The van der Waals surface area contributed by atoms with Crippen LogP contribution >= 0.6 is 24.0 Å². The van der Waals surface area contributed by atoms with Crippen LogP contribution in [-0.2, 0) is 6.54 Å². The number of furan rings is 1. The van der Waals surface area contributed by atoms with E-state index in [0.29, 0.717) is 12.3 Å². The molecule has 0 saturated heterocycles. The smallest absolute Gasteiger partial charge is 0.291 e. The lowest BCUT2D eigenvalue weighted by molar-refractivity contribution is 0.0996. The van der Waals surface area contributed by atoms with Crippen LogP contribution in [0.1, 0.15) is 55.1 Å². The molecular formula is C23H31IN4O2. The Labute approximate surface area is 195 Å². The second-order valence-electron chi connectivity index (χ2n) is 7.11. The van der Waals surface area contributed by atoms with E-state index in [1.165, 1.54) is 31.9 Å². The first kappa shape index (κ1) is 24.0. The maximum Gasteiger partial charge on any atom is 0.291 e. The number of hydrogen-bond donors (Lipinski definition) is 3. The average Bonchev–Trinajstić information content (AvgIpc) is 3.28. The third kappa shape index (κ3) is 7.85. The van der Waals surface area contributed by atoms with Crippen molar-refractivity contribution in [1.29, 1.82) is 0 Å². The number of rotatable bonds is 8. The first-order valence-electron chi connectivity index (χ1n) is 10.4. The molecule has 0 fully saturated rings. The molecule has 3 rings (SSSR count). The van der Waals surface area contributed by atoms with Gasteiger partial charge in [-0.3, -0.25) is 4.79 Å². The van der Waals surface area contributed by atoms with Gasteiger partial charge < -0.3 is 20.4 Å². The Kier molecular flexibility index (Phi) is 10.5. The minimum atomic E-state index is -0.261. The van der Waals surface area contributed by atoms with E-state index in [1.54, 1.807) is 17.7 Å². The standard InChI is InChI=1S/C23H30N4O2.HI/c1-2-24-23(25-14-13-18-8-4-3-5-9-18)26-17-19-10-6-11-20(16-19)27-22(28)21-12-7-15-29-21;/h6-8,10-12,15-16H,2-5,9,13-14,17H2,1H3,(H,27,28)(H2,24,25,26);1H. The van der Waals surface area contributed by atoms with Gasteiger partial charge in [0.1, 0.15) is 0 Å². The van der Waals surface area contributed by atoms with Crippen molar-refractivity contribution in [3.63, 3.8) is 0 Å². The van der Waals surface area contributed by atoms with Crippen molar-refractivity contribution in [3.8, 4) is 0 Å². The zero-order valence-electron chi connectivity index (χ0n) is 17.4. The SMILES string of the molecule is CCNC(=NCc1cccc(NC(=O)c2ccco2)c1)NCCC1=CCCCC1.I. The maximum atomic E-state index is 12.1. The molecule has 1 heterocycles. The van der Waals surface area contributed by atoms with Crippen molar-refractivity contribution >= 4 is 41.5 Å². The van der Waals surface area contributed by atoms with Crippen LogP contribution in [0.4, 0.5) is 5.69 Å². The van der Waals surface area contributed by atoms with E-state index < -0.39 is 0 Å². The lowest BCUT2D eigenvalue weighted by Crippen LogP contribution is -2.37. The van der Waals surface area contributed by atoms with Crippen LogP contribution in [0.25, 0.3) is 0 Å². The predicted octanol–water partition coefficient (Wildman–Crippen LogP) is 5.10. The molecule has 6 nitrogen and oxygen atoms in total. The molecular weight excluding hydrogens is 491 g/mol. The van der Waals surface area contributed by atoms with Gasteiger partial charge in [0.05, 0.1) is 12.8 Å². The minimum absolute atomic E-state index is 0. The topological polar surface area (TPSA) is 78.7 Å². The van der Waals surface area contributed by atoms with Crippen molar-refractivity contribution < 1.29 is 9.21 Å². The number of nitrogens with one attached hydrogen (secondary N) is 3. The third-order valence-corrected chi connectivity index (χ3v) is 4.82. The van der Waals surface area contributed by atoms with Gasteiger partial charge in [0.25, 0.3) is 5.91 Å². The van der Waals surface area contributed by atoms with Gasteiger partial charge in [-0.05, 0) is 68.9 Å². The summed E-state index contributed by atoms with van der Waals surface area (Å²) in [5.41, 5.74) is 3.30. The summed E-state index contributed by atoms with van der Waals surface area (Å²) < 4.78 is 5.13. The van der Waals surface area contributed by atoms with Crippen molar-refractivity contribution in [3.05, 3.63) is 65.6 Å². The molecule has 0 unspecified atom stereocenters. The van der Waals surface area contributed by atoms with Crippen LogP contribution in [0.5, 0.6) is 0 Å². The number of amides is 1. The molecule has 2 aromatic rings. The third-order valence-electron chi connectivity index (χ3n) is 4.82. The fourth-order valence-corrected chi connectivity index (χ4v) is 3.33. The molecule has 1 aliphatic rings. The molecule has 30 heavy (non-hydrogen) atoms. The van der Waals surface area contributed by atoms with Gasteiger partial charge in [0.2, 0.25) is 0 Å². The molecule has 1 aromatic carbocycles. The van der Waals surface area contributed by atoms with Gasteiger partial charge in [-0.2, -0.15) is 0 Å². The van der Waals surface area contributed by atoms with E-state index in [0.717, 1.165) is 36.7 Å². The van der Waals surface area contributed by atoms with Crippen LogP contribution in [-0.4, -0.2) is 25.0 Å². The highest BCUT2D eigenvalue weighted by Gasteiger charge is 2.09. The summed E-state index contributed by atoms with van der Waals surface area (Å²) in [5.74, 6) is 0.844. The van der Waals surface area contributed by atoms with Gasteiger partial charge in [-0.25, -0.2) is 4.99 Å². The molecule has 0 spiro atoms. The molecule has 162 valence electrons. The predicted molar refractivity (Wildman–Crippen MR) is 133 cm³/mol. The summed E-state index contributed by atoms with van der Waals surface area (Å²) in [6.45, 7) is 4.29. The molecule has 0 bridgehead atoms. The summed E-state index contributed by atoms with van der Waals surface area (Å²) in [5, 5.41) is 9.56. The number of guanidine groups is 1. The monoisotopic (exact) mass is 522 g/mol. The normalized spacial score (nSPS) is 13.8. The Balaban J connectivity index is 0.00000320. The number of carbonyl (C=O) groups excluding carboxylic acids is 1. The highest BCUT2D eigenvalue weighted by molar-refractivity contribution is 14.0. The highest BCUT2D eigenvalue weighted by atomic mass is 127. The summed E-state index contributed by atoms with van der Waals surface area (Å²) in [6.07, 6.45) is 10.0. The van der Waals surface area contributed by atoms with Crippen LogP contribution in [0, 0.1) is 0 Å². The van der Waals surface area contributed by atoms with Gasteiger partial charge in [0, 0.05) is 18.8 Å². The maximum absolute atomic E-state index is 12.1. The van der Waals surface area contributed by atoms with E-state index in [4.69, 9.17) is 4.42 Å². The van der Waals surface area contributed by atoms with Crippen LogP contribution in [0.3, 0.4) is 0 Å². The molecule has 0 aliphatic heterocycles. The average molecular weight is 522 g/mol. The van der Waals surface area contributed by atoms with Crippen LogP contribution < -0.4 is 16.0 Å². The summed E-state index contributed by atoms with van der Waals surface area (Å²) in [4.78, 5) is 16.8. The first-order chi connectivity index (χ1) is 14.2. The van der Waals surface area contributed by atoms with E-state index in [-0.39, 0.29) is 29.9 Å². The van der Waals surface area contributed by atoms with Gasteiger partial charge in [0.15, 0.2) is 11.7 Å². The number of anilines is 1. The van der Waals surface area contributed by atoms with E-state index in [9.17, 15) is 4.79 Å². The summed E-state index contributed by atoms with van der Waals surface area (Å²) in [6, 6.07) is 11.0. The van der Waals surface area contributed by atoms with Crippen LogP contribution in [0.2, 0.25) is 0 Å². The van der Waals surface area contributed by atoms with Crippen molar-refractivity contribution in [2.45, 2.75) is 45.6 Å². The van der Waals surface area contributed by atoms with Crippen molar-refractivity contribution in [2.75, 3.05) is 18.4 Å². The van der Waals surface area contributed by atoms with Gasteiger partial charge in [-0.15, -0.1) is 24.0 Å². The molecule has 1 aromatic heterocycles. The molecule has 3 N–H and O–H groups in total. The fraction of sp³-hybridized carbons (Fsp3) is 0.391. The zero-order chi connectivity index (χ0) is 20.3. The number of aliphatic imine (C=N–C) groups is 1. The summed E-state index contributed by atoms with van der Waals surface area (Å²) >= 11 is 0. The Bertz CT molecular complexity index is 847. The number of benzene rings is 1. The van der Waals surface area contributed by atoms with Gasteiger partial charge in [-0.1, -0.05) is 23.8 Å². The lowest BCUT2D eigenvalue weighted by Gasteiger charge is -2.15. The fourth-order valence-electron chi connectivity index (χ4n) is 3.33. The van der Waals surface area contributed by atoms with Crippen molar-refractivity contribution in [2.24, 2.45) is 4.99 Å². The Morgan fingerprint density at radius 3 is 2.80 bits per heavy atom. The Morgan fingerprint density at radius 2 is 2.07 bits per heavy atom. The molecule has 1 aliphatic carbocycles. The number of hydrogen-bond acceptors (Lipinski definition) is 3. The Hall–Kier alpha value is -2.29. The quantitative estimate of drug-likeness (QED) is 0.195. The first-order valence-corrected chi connectivity index (χ1v) is 10.4. The summed E-state index contributed by atoms with van der Waals surface area (Å²) in [7, 11) is 0. The molecule has 0 radical (unpaired) electrons.